The van der Waals surface area contributed by atoms with Crippen LogP contribution in [-0.2, 0) is 10.1 Å². The van der Waals surface area contributed by atoms with E-state index < -0.39 is 44.0 Å². The van der Waals surface area contributed by atoms with Gasteiger partial charge in [0.2, 0.25) is 0 Å². The van der Waals surface area contributed by atoms with Crippen molar-refractivity contribution in [3.63, 3.8) is 0 Å². The smallest absolute Gasteiger partial charge is 0.339 e. The van der Waals surface area contributed by atoms with Crippen molar-refractivity contribution in [1.82, 2.24) is 0 Å². The van der Waals surface area contributed by atoms with Crippen molar-refractivity contribution in [1.29, 1.82) is 0 Å². The number of carbonyl (C=O) groups is 2. The molecule has 0 fully saturated rings. The van der Waals surface area contributed by atoms with Crippen molar-refractivity contribution < 1.29 is 43.0 Å². The predicted molar refractivity (Wildman–Crippen MR) is 147 cm³/mol. The van der Waals surface area contributed by atoms with E-state index >= 15 is 0 Å². The topological polar surface area (TPSA) is 219 Å². The fraction of sp³-hybridized carbons (Fsp3) is 0. The van der Waals surface area contributed by atoms with Gasteiger partial charge < -0.3 is 20.4 Å². The highest BCUT2D eigenvalue weighted by atomic mass is 32.2. The van der Waals surface area contributed by atoms with Gasteiger partial charge in [-0.25, -0.2) is 9.59 Å². The number of phenols is 2. The molecule has 13 nitrogen and oxygen atoms in total. The van der Waals surface area contributed by atoms with Gasteiger partial charge in [0.05, 0.1) is 22.7 Å². The van der Waals surface area contributed by atoms with Gasteiger partial charge in [-0.2, -0.15) is 28.9 Å². The minimum Gasteiger partial charge on any atom is -0.507 e. The Hall–Kier alpha value is -5.12. The predicted octanol–water partition coefficient (Wildman–Crippen LogP) is 6.53. The minimum atomic E-state index is -4.76. The first-order valence-electron chi connectivity index (χ1n) is 11.2. The van der Waals surface area contributed by atoms with Crippen LogP contribution in [0, 0.1) is 0 Å². The number of hydrogen-bond acceptors (Lipinski definition) is 11. The summed E-state index contributed by atoms with van der Waals surface area (Å²) < 4.78 is 34.3. The Labute approximate surface area is 237 Å². The Bertz CT molecular complexity index is 1870. The fourth-order valence-corrected chi connectivity index (χ4v) is 4.62. The van der Waals surface area contributed by atoms with Crippen molar-refractivity contribution >= 4 is 57.4 Å². The molecule has 0 spiro atoms. The number of aromatic hydroxyl groups is 2. The van der Waals surface area contributed by atoms with E-state index in [4.69, 9.17) is 10.2 Å². The van der Waals surface area contributed by atoms with Gasteiger partial charge >= 0.3 is 11.9 Å². The molecule has 208 valence electrons. The monoisotopic (exact) mass is 594 g/mol. The average Bonchev–Trinajstić information content (AvgIpc) is 2.91. The van der Waals surface area contributed by atoms with Crippen molar-refractivity contribution in [2.75, 3.05) is 0 Å². The summed E-state index contributed by atoms with van der Waals surface area (Å²) in [5.41, 5.74) is 0.201. The molecule has 0 atom stereocenters. The lowest BCUT2D eigenvalue weighted by atomic mass is 10.0. The summed E-state index contributed by atoms with van der Waals surface area (Å²) in [4.78, 5) is 22.2. The normalized spacial score (nSPS) is 11.8. The molecule has 0 saturated heterocycles. The van der Waals surface area contributed by atoms with Crippen LogP contribution >= 0.6 is 12.6 Å². The zero-order valence-corrected chi connectivity index (χ0v) is 22.2. The summed E-state index contributed by atoms with van der Waals surface area (Å²) in [6.07, 6.45) is 0. The van der Waals surface area contributed by atoms with Gasteiger partial charge in [-0.05, 0) is 66.2 Å². The molecule has 5 N–H and O–H groups in total. The van der Waals surface area contributed by atoms with E-state index in [-0.39, 0.29) is 38.8 Å². The van der Waals surface area contributed by atoms with E-state index in [1.165, 1.54) is 48.5 Å². The standard InChI is InChI=1S/C26H18N4O9S2/c31-21-7-3-13(9-19(21)25(33)34)27-29-15-1-5-17(23(40)11-15)18-6-2-16(12-24(18)41(37,38)39)30-28-14-4-8-22(32)20(10-14)26(35)36/h1-12,31-32,40H,(H,33,34)(H,35,36)(H,37,38,39). The Morgan fingerprint density at radius 3 is 1.41 bits per heavy atom. The van der Waals surface area contributed by atoms with Crippen LogP contribution in [0.5, 0.6) is 11.5 Å². The molecule has 15 heteroatoms. The lowest BCUT2D eigenvalue weighted by Gasteiger charge is -2.11. The van der Waals surface area contributed by atoms with Gasteiger partial charge in [-0.3, -0.25) is 4.55 Å². The van der Waals surface area contributed by atoms with Crippen LogP contribution < -0.4 is 0 Å². The number of rotatable bonds is 8. The van der Waals surface area contributed by atoms with Crippen molar-refractivity contribution in [3.05, 3.63) is 83.9 Å². The Morgan fingerprint density at radius 2 is 1.00 bits per heavy atom. The van der Waals surface area contributed by atoms with Crippen molar-refractivity contribution in [2.24, 2.45) is 20.5 Å². The van der Waals surface area contributed by atoms with Gasteiger partial charge in [0.15, 0.2) is 0 Å². The van der Waals surface area contributed by atoms with Gasteiger partial charge in [0.1, 0.15) is 27.5 Å². The lowest BCUT2D eigenvalue weighted by Crippen LogP contribution is -2.01. The number of benzene rings is 4. The van der Waals surface area contributed by atoms with E-state index in [2.05, 4.69) is 33.1 Å². The van der Waals surface area contributed by atoms with Crippen molar-refractivity contribution in [3.8, 4) is 22.6 Å². The molecule has 0 amide bonds. The van der Waals surface area contributed by atoms with E-state index in [9.17, 15) is 32.8 Å². The van der Waals surface area contributed by atoms with Crippen LogP contribution in [0.1, 0.15) is 20.7 Å². The summed E-state index contributed by atoms with van der Waals surface area (Å²) >= 11 is 4.41. The number of nitrogens with zero attached hydrogens (tertiary/aromatic N) is 4. The molecule has 0 aliphatic heterocycles. The molecule has 0 saturated carbocycles. The minimum absolute atomic E-state index is 0.0205. The third-order valence-corrected chi connectivity index (χ3v) is 6.76. The highest BCUT2D eigenvalue weighted by Gasteiger charge is 2.19. The first-order chi connectivity index (χ1) is 19.3. The number of hydrogen-bond donors (Lipinski definition) is 6. The SMILES string of the molecule is O=C(O)c1cc(N=Nc2ccc(-c3ccc(N=Nc4ccc(O)c(C(=O)O)c4)cc3S(=O)(=O)O)c(S)c2)ccc1O. The highest BCUT2D eigenvalue weighted by molar-refractivity contribution is 7.86. The molecule has 0 bridgehead atoms. The molecule has 0 aliphatic rings. The number of aromatic carboxylic acids is 2. The molecule has 4 rings (SSSR count). The van der Waals surface area contributed by atoms with Crippen LogP contribution in [0.15, 0.2) is 103 Å². The van der Waals surface area contributed by atoms with E-state index in [1.807, 2.05) is 0 Å². The molecule has 0 radical (unpaired) electrons. The average molecular weight is 595 g/mol. The number of carboxylic acids is 2. The summed E-state index contributed by atoms with van der Waals surface area (Å²) in [6, 6.07) is 15.5. The molecule has 0 unspecified atom stereocenters. The largest absolute Gasteiger partial charge is 0.507 e. The number of thiol groups is 1. The quantitative estimate of drug-likeness (QED) is 0.0741. The summed E-state index contributed by atoms with van der Waals surface area (Å²) in [6.45, 7) is 0. The van der Waals surface area contributed by atoms with E-state index in [1.54, 1.807) is 0 Å². The van der Waals surface area contributed by atoms with Crippen LogP contribution in [-0.4, -0.2) is 45.3 Å². The number of azo groups is 2. The molecule has 0 aromatic heterocycles. The summed E-state index contributed by atoms with van der Waals surface area (Å²) in [7, 11) is -4.76. The first kappa shape index (κ1) is 28.9. The Morgan fingerprint density at radius 1 is 0.610 bits per heavy atom. The molecule has 4 aromatic rings. The molecular weight excluding hydrogens is 576 g/mol. The lowest BCUT2D eigenvalue weighted by molar-refractivity contribution is 0.0682. The zero-order valence-electron chi connectivity index (χ0n) is 20.4. The molecule has 0 aliphatic carbocycles. The van der Waals surface area contributed by atoms with Crippen LogP contribution in [0.2, 0.25) is 0 Å². The second-order valence-corrected chi connectivity index (χ2v) is 10.1. The Balaban J connectivity index is 1.65. The summed E-state index contributed by atoms with van der Waals surface area (Å²) in [5, 5.41) is 53.2. The third-order valence-electron chi connectivity index (χ3n) is 5.50. The van der Waals surface area contributed by atoms with Gasteiger partial charge in [0.25, 0.3) is 10.1 Å². The maximum atomic E-state index is 12.2. The van der Waals surface area contributed by atoms with Crippen LogP contribution in [0.3, 0.4) is 0 Å². The first-order valence-corrected chi connectivity index (χ1v) is 13.1. The molecular formula is C26H18N4O9S2. The molecule has 4 aromatic carbocycles. The van der Waals surface area contributed by atoms with Crippen LogP contribution in [0.4, 0.5) is 22.7 Å². The van der Waals surface area contributed by atoms with Crippen molar-refractivity contribution in [2.45, 2.75) is 9.79 Å². The zero-order chi connectivity index (χ0) is 29.9. The maximum Gasteiger partial charge on any atom is 0.339 e. The second kappa shape index (κ2) is 11.5. The Kier molecular flexibility index (Phi) is 8.13. The van der Waals surface area contributed by atoms with Gasteiger partial charge in [-0.15, -0.1) is 12.6 Å². The molecule has 41 heavy (non-hydrogen) atoms. The fourth-order valence-electron chi connectivity index (χ4n) is 3.57. The second-order valence-electron chi connectivity index (χ2n) is 8.27. The number of carboxylic acid groups (broad SMARTS) is 2. The highest BCUT2D eigenvalue weighted by Crippen LogP contribution is 2.37. The van der Waals surface area contributed by atoms with Gasteiger partial charge in [-0.1, -0.05) is 12.1 Å². The third kappa shape index (κ3) is 6.73. The van der Waals surface area contributed by atoms with E-state index in [0.717, 1.165) is 24.3 Å². The summed E-state index contributed by atoms with van der Waals surface area (Å²) in [5.74, 6) is -3.60. The van der Waals surface area contributed by atoms with Crippen LogP contribution in [0.25, 0.3) is 11.1 Å². The maximum absolute atomic E-state index is 12.2. The molecule has 0 heterocycles. The van der Waals surface area contributed by atoms with Gasteiger partial charge in [0, 0.05) is 10.5 Å². The van der Waals surface area contributed by atoms with E-state index in [0.29, 0.717) is 5.56 Å².